The number of anilines is 1. The Morgan fingerprint density at radius 1 is 1.17 bits per heavy atom. The zero-order chi connectivity index (χ0) is 19.8. The van der Waals surface area contributed by atoms with Crippen LogP contribution in [-0.4, -0.2) is 50.8 Å². The summed E-state index contributed by atoms with van der Waals surface area (Å²) in [6.07, 6.45) is 1.77. The number of fused-ring (bicyclic) bond motifs is 1. The van der Waals surface area contributed by atoms with Gasteiger partial charge >= 0.3 is 0 Å². The lowest BCUT2D eigenvalue weighted by atomic mass is 10.1. The van der Waals surface area contributed by atoms with Crippen LogP contribution in [0.2, 0.25) is 0 Å². The van der Waals surface area contributed by atoms with Crippen LogP contribution in [0.3, 0.4) is 0 Å². The number of nitrogens with zero attached hydrogens (tertiary/aromatic N) is 5. The van der Waals surface area contributed by atoms with Gasteiger partial charge in [-0.15, -0.1) is 0 Å². The molecule has 0 saturated carbocycles. The second-order valence-corrected chi connectivity index (χ2v) is 7.22. The Morgan fingerprint density at radius 2 is 2.07 bits per heavy atom. The van der Waals surface area contributed by atoms with Crippen molar-refractivity contribution < 1.29 is 9.32 Å². The molecule has 1 aliphatic heterocycles. The van der Waals surface area contributed by atoms with E-state index < -0.39 is 0 Å². The van der Waals surface area contributed by atoms with Gasteiger partial charge in [-0.3, -0.25) is 14.8 Å². The molecule has 1 amide bonds. The van der Waals surface area contributed by atoms with Gasteiger partial charge in [0.2, 0.25) is 17.6 Å². The van der Waals surface area contributed by atoms with Crippen molar-refractivity contribution in [3.8, 4) is 11.4 Å². The van der Waals surface area contributed by atoms with E-state index in [1.165, 1.54) is 0 Å². The first-order chi connectivity index (χ1) is 14.2. The monoisotopic (exact) mass is 388 g/mol. The number of nitrogens with one attached hydrogen (secondary N) is 1. The highest BCUT2D eigenvalue weighted by Crippen LogP contribution is 2.23. The van der Waals surface area contributed by atoms with Crippen molar-refractivity contribution in [3.05, 3.63) is 60.1 Å². The molecule has 4 aromatic rings. The average molecular weight is 388 g/mol. The van der Waals surface area contributed by atoms with Crippen LogP contribution in [0, 0.1) is 6.92 Å². The minimum atomic E-state index is 0.0498. The molecule has 1 saturated heterocycles. The fourth-order valence-electron chi connectivity index (χ4n) is 3.67. The highest BCUT2D eigenvalue weighted by atomic mass is 16.5. The van der Waals surface area contributed by atoms with E-state index in [4.69, 9.17) is 4.52 Å². The molecule has 1 aliphatic rings. The number of carbonyl (C=O) groups is 1. The van der Waals surface area contributed by atoms with Crippen LogP contribution in [-0.2, 0) is 11.3 Å². The van der Waals surface area contributed by atoms with Gasteiger partial charge in [0.05, 0.1) is 24.8 Å². The third-order valence-corrected chi connectivity index (χ3v) is 5.25. The van der Waals surface area contributed by atoms with Crippen LogP contribution in [0.15, 0.2) is 53.2 Å². The SMILES string of the molecule is Cc1ccccc1-c1noc(CN2CCN(c3ccc4cn[nH]c4c3)C(=O)C2)n1. The molecule has 1 fully saturated rings. The summed E-state index contributed by atoms with van der Waals surface area (Å²) in [5, 5.41) is 12.1. The topological polar surface area (TPSA) is 91.2 Å². The van der Waals surface area contributed by atoms with Crippen molar-refractivity contribution in [3.63, 3.8) is 0 Å². The molecule has 29 heavy (non-hydrogen) atoms. The third kappa shape index (κ3) is 3.38. The van der Waals surface area contributed by atoms with Crippen LogP contribution in [0.5, 0.6) is 0 Å². The Morgan fingerprint density at radius 3 is 2.93 bits per heavy atom. The Bertz CT molecular complexity index is 1180. The molecule has 2 aromatic carbocycles. The minimum Gasteiger partial charge on any atom is -0.338 e. The molecule has 0 atom stereocenters. The number of piperazine rings is 1. The summed E-state index contributed by atoms with van der Waals surface area (Å²) in [6, 6.07) is 13.8. The third-order valence-electron chi connectivity index (χ3n) is 5.25. The Kier molecular flexibility index (Phi) is 4.33. The number of aryl methyl sites for hydroxylation is 1. The number of aromatic amines is 1. The number of amides is 1. The molecule has 0 spiro atoms. The summed E-state index contributed by atoms with van der Waals surface area (Å²) >= 11 is 0. The van der Waals surface area contributed by atoms with E-state index in [0.29, 0.717) is 31.3 Å². The zero-order valence-electron chi connectivity index (χ0n) is 16.0. The predicted octanol–water partition coefficient (Wildman–Crippen LogP) is 2.77. The van der Waals surface area contributed by atoms with Crippen molar-refractivity contribution >= 4 is 22.5 Å². The zero-order valence-corrected chi connectivity index (χ0v) is 16.0. The maximum atomic E-state index is 12.7. The standard InChI is InChI=1S/C21H20N6O2/c1-14-4-2-3-5-17(14)21-23-19(29-25-21)12-26-8-9-27(20(28)13-26)16-7-6-15-11-22-24-18(15)10-16/h2-7,10-11H,8-9,12-13H2,1H3,(H,22,24). The van der Waals surface area contributed by atoms with E-state index in [9.17, 15) is 4.79 Å². The van der Waals surface area contributed by atoms with Gasteiger partial charge in [-0.1, -0.05) is 29.4 Å². The minimum absolute atomic E-state index is 0.0498. The molecule has 3 heterocycles. The summed E-state index contributed by atoms with van der Waals surface area (Å²) in [7, 11) is 0. The van der Waals surface area contributed by atoms with Gasteiger partial charge in [0.1, 0.15) is 0 Å². The Hall–Kier alpha value is -3.52. The van der Waals surface area contributed by atoms with Gasteiger partial charge in [-0.25, -0.2) is 0 Å². The second kappa shape index (κ2) is 7.14. The predicted molar refractivity (Wildman–Crippen MR) is 108 cm³/mol. The lowest BCUT2D eigenvalue weighted by Gasteiger charge is -2.33. The average Bonchev–Trinajstić information content (AvgIpc) is 3.37. The molecule has 0 bridgehead atoms. The van der Waals surface area contributed by atoms with Crippen LogP contribution in [0.25, 0.3) is 22.3 Å². The van der Waals surface area contributed by atoms with Crippen molar-refractivity contribution in [1.82, 2.24) is 25.2 Å². The van der Waals surface area contributed by atoms with Gasteiger partial charge in [-0.05, 0) is 30.7 Å². The van der Waals surface area contributed by atoms with E-state index in [0.717, 1.165) is 34.3 Å². The van der Waals surface area contributed by atoms with E-state index in [-0.39, 0.29) is 5.91 Å². The van der Waals surface area contributed by atoms with Crippen LogP contribution >= 0.6 is 0 Å². The molecule has 0 unspecified atom stereocenters. The van der Waals surface area contributed by atoms with Crippen molar-refractivity contribution in [2.24, 2.45) is 0 Å². The largest absolute Gasteiger partial charge is 0.338 e. The lowest BCUT2D eigenvalue weighted by Crippen LogP contribution is -2.50. The van der Waals surface area contributed by atoms with Gasteiger partial charge in [0.25, 0.3) is 0 Å². The first-order valence-electron chi connectivity index (χ1n) is 9.52. The van der Waals surface area contributed by atoms with Crippen LogP contribution in [0.1, 0.15) is 11.5 Å². The summed E-state index contributed by atoms with van der Waals surface area (Å²) in [6.45, 7) is 4.12. The molecule has 5 rings (SSSR count). The van der Waals surface area contributed by atoms with E-state index in [1.807, 2.05) is 59.2 Å². The number of rotatable bonds is 4. The van der Waals surface area contributed by atoms with Crippen LogP contribution in [0.4, 0.5) is 5.69 Å². The number of hydrogen-bond acceptors (Lipinski definition) is 6. The number of aromatic nitrogens is 4. The second-order valence-electron chi connectivity index (χ2n) is 7.22. The fourth-order valence-corrected chi connectivity index (χ4v) is 3.67. The molecular weight excluding hydrogens is 368 g/mol. The normalized spacial score (nSPS) is 15.3. The molecule has 0 radical (unpaired) electrons. The Balaban J connectivity index is 1.27. The summed E-state index contributed by atoms with van der Waals surface area (Å²) in [4.78, 5) is 21.1. The maximum absolute atomic E-state index is 12.7. The summed E-state index contributed by atoms with van der Waals surface area (Å²) in [5.74, 6) is 1.15. The highest BCUT2D eigenvalue weighted by molar-refractivity contribution is 5.97. The number of carbonyl (C=O) groups excluding carboxylic acids is 1. The number of H-pyrrole nitrogens is 1. The number of hydrogen-bond donors (Lipinski definition) is 1. The van der Waals surface area contributed by atoms with Crippen LogP contribution < -0.4 is 4.90 Å². The highest BCUT2D eigenvalue weighted by Gasteiger charge is 2.26. The number of benzene rings is 2. The molecule has 8 nitrogen and oxygen atoms in total. The van der Waals surface area contributed by atoms with Gasteiger partial charge in [0.15, 0.2) is 0 Å². The molecule has 2 aromatic heterocycles. The summed E-state index contributed by atoms with van der Waals surface area (Å²) in [5.41, 5.74) is 3.86. The fraction of sp³-hybridized carbons (Fsp3) is 0.238. The quantitative estimate of drug-likeness (QED) is 0.578. The maximum Gasteiger partial charge on any atom is 0.241 e. The smallest absolute Gasteiger partial charge is 0.241 e. The molecule has 8 heteroatoms. The summed E-state index contributed by atoms with van der Waals surface area (Å²) < 4.78 is 5.42. The van der Waals surface area contributed by atoms with Crippen molar-refractivity contribution in [1.29, 1.82) is 0 Å². The molecular formula is C21H20N6O2. The lowest BCUT2D eigenvalue weighted by molar-refractivity contribution is -0.121. The molecule has 1 N–H and O–H groups in total. The van der Waals surface area contributed by atoms with Crippen molar-refractivity contribution in [2.75, 3.05) is 24.5 Å². The molecule has 0 aliphatic carbocycles. The van der Waals surface area contributed by atoms with E-state index >= 15 is 0 Å². The van der Waals surface area contributed by atoms with E-state index in [1.54, 1.807) is 6.20 Å². The molecule has 146 valence electrons. The van der Waals surface area contributed by atoms with Crippen molar-refractivity contribution in [2.45, 2.75) is 13.5 Å². The first kappa shape index (κ1) is 17.6. The van der Waals surface area contributed by atoms with Gasteiger partial charge < -0.3 is 9.42 Å². The van der Waals surface area contributed by atoms with E-state index in [2.05, 4.69) is 20.3 Å². The first-order valence-corrected chi connectivity index (χ1v) is 9.52. The van der Waals surface area contributed by atoms with Gasteiger partial charge in [-0.2, -0.15) is 10.1 Å². The van der Waals surface area contributed by atoms with Gasteiger partial charge in [0, 0.05) is 29.7 Å². The Labute approximate surface area is 167 Å².